The predicted octanol–water partition coefficient (Wildman–Crippen LogP) is 2.01. The van der Waals surface area contributed by atoms with Crippen LogP contribution in [0.5, 0.6) is 0 Å². The zero-order valence-corrected chi connectivity index (χ0v) is 8.21. The summed E-state index contributed by atoms with van der Waals surface area (Å²) in [5.41, 5.74) is 0.739. The number of hydrogen-bond acceptors (Lipinski definition) is 3. The Balaban J connectivity index is 2.95. The molecule has 13 heavy (non-hydrogen) atoms. The normalized spacial score (nSPS) is 12.2. The minimum Gasteiger partial charge on any atom is -0.469 e. The molecule has 1 aromatic rings. The molecule has 0 aliphatic heterocycles. The number of esters is 1. The van der Waals surface area contributed by atoms with Gasteiger partial charge in [0, 0.05) is 12.4 Å². The summed E-state index contributed by atoms with van der Waals surface area (Å²) in [6.45, 7) is 1.74. The van der Waals surface area contributed by atoms with E-state index in [1.165, 1.54) is 13.3 Å². The molecule has 0 bridgehead atoms. The minimum atomic E-state index is -0.347. The smallest absolute Gasteiger partial charge is 0.312 e. The molecule has 0 spiro atoms. The highest BCUT2D eigenvalue weighted by Gasteiger charge is 2.17. The Morgan fingerprint density at radius 1 is 1.69 bits per heavy atom. The lowest BCUT2D eigenvalue weighted by atomic mass is 10.0. The van der Waals surface area contributed by atoms with E-state index < -0.39 is 0 Å². The van der Waals surface area contributed by atoms with E-state index in [2.05, 4.69) is 9.72 Å². The number of pyridine rings is 1. The lowest BCUT2D eigenvalue weighted by Gasteiger charge is -2.09. The molecular formula is C9H10ClNO2. The second kappa shape index (κ2) is 4.23. The van der Waals surface area contributed by atoms with Gasteiger partial charge in [-0.25, -0.2) is 0 Å². The first-order valence-corrected chi connectivity index (χ1v) is 4.22. The highest BCUT2D eigenvalue weighted by molar-refractivity contribution is 6.31. The fraction of sp³-hybridized carbons (Fsp3) is 0.333. The van der Waals surface area contributed by atoms with E-state index in [1.54, 1.807) is 19.2 Å². The molecule has 0 radical (unpaired) electrons. The summed E-state index contributed by atoms with van der Waals surface area (Å²) in [4.78, 5) is 15.0. The number of rotatable bonds is 2. The average molecular weight is 200 g/mol. The molecule has 0 saturated heterocycles. The summed E-state index contributed by atoms with van der Waals surface area (Å²) in [6, 6.07) is 1.71. The van der Waals surface area contributed by atoms with Crippen LogP contribution in [0.3, 0.4) is 0 Å². The van der Waals surface area contributed by atoms with Crippen molar-refractivity contribution in [2.45, 2.75) is 12.8 Å². The molecule has 1 atom stereocenters. The molecule has 0 aromatic carbocycles. The highest BCUT2D eigenvalue weighted by atomic mass is 35.5. The van der Waals surface area contributed by atoms with Crippen molar-refractivity contribution in [3.05, 3.63) is 29.0 Å². The van der Waals surface area contributed by atoms with Crippen LogP contribution < -0.4 is 0 Å². The fourth-order valence-corrected chi connectivity index (χ4v) is 1.32. The van der Waals surface area contributed by atoms with Crippen molar-refractivity contribution in [2.24, 2.45) is 0 Å². The lowest BCUT2D eigenvalue weighted by Crippen LogP contribution is -2.11. The van der Waals surface area contributed by atoms with Gasteiger partial charge in [-0.05, 0) is 18.6 Å². The van der Waals surface area contributed by atoms with Crippen LogP contribution in [-0.4, -0.2) is 18.1 Å². The summed E-state index contributed by atoms with van der Waals surface area (Å²) >= 11 is 5.85. The largest absolute Gasteiger partial charge is 0.469 e. The van der Waals surface area contributed by atoms with Gasteiger partial charge in [-0.2, -0.15) is 0 Å². The molecule has 0 aliphatic rings. The van der Waals surface area contributed by atoms with Crippen molar-refractivity contribution < 1.29 is 9.53 Å². The maximum Gasteiger partial charge on any atom is 0.312 e. The number of halogens is 1. The molecular weight excluding hydrogens is 190 g/mol. The first-order valence-electron chi connectivity index (χ1n) is 3.84. The van der Waals surface area contributed by atoms with Crippen LogP contribution in [0.15, 0.2) is 18.5 Å². The van der Waals surface area contributed by atoms with Crippen molar-refractivity contribution in [3.63, 3.8) is 0 Å². The van der Waals surface area contributed by atoms with Crippen LogP contribution in [0.2, 0.25) is 5.02 Å². The molecule has 3 nitrogen and oxygen atoms in total. The van der Waals surface area contributed by atoms with Gasteiger partial charge in [0.1, 0.15) is 0 Å². The van der Waals surface area contributed by atoms with Gasteiger partial charge in [0.25, 0.3) is 0 Å². The Bertz CT molecular complexity index is 314. The Morgan fingerprint density at radius 2 is 2.38 bits per heavy atom. The third-order valence-electron chi connectivity index (χ3n) is 1.83. The van der Waals surface area contributed by atoms with E-state index in [9.17, 15) is 4.79 Å². The summed E-state index contributed by atoms with van der Waals surface area (Å²) in [6.07, 6.45) is 3.11. The molecule has 1 aromatic heterocycles. The van der Waals surface area contributed by atoms with Gasteiger partial charge < -0.3 is 4.74 Å². The van der Waals surface area contributed by atoms with Crippen LogP contribution in [0.4, 0.5) is 0 Å². The van der Waals surface area contributed by atoms with Crippen LogP contribution in [-0.2, 0) is 9.53 Å². The maximum absolute atomic E-state index is 11.2. The second-order valence-electron chi connectivity index (χ2n) is 2.64. The van der Waals surface area contributed by atoms with Crippen LogP contribution >= 0.6 is 11.6 Å². The van der Waals surface area contributed by atoms with E-state index in [4.69, 9.17) is 11.6 Å². The molecule has 70 valence electrons. The molecule has 1 unspecified atom stereocenters. The number of nitrogens with zero attached hydrogens (tertiary/aromatic N) is 1. The summed E-state index contributed by atoms with van der Waals surface area (Å²) in [5.74, 6) is -0.645. The second-order valence-corrected chi connectivity index (χ2v) is 3.05. The van der Waals surface area contributed by atoms with Crippen LogP contribution in [0.25, 0.3) is 0 Å². The van der Waals surface area contributed by atoms with Gasteiger partial charge in [-0.3, -0.25) is 9.78 Å². The van der Waals surface area contributed by atoms with Crippen LogP contribution in [0, 0.1) is 0 Å². The van der Waals surface area contributed by atoms with E-state index in [1.807, 2.05) is 0 Å². The predicted molar refractivity (Wildman–Crippen MR) is 49.7 cm³/mol. The average Bonchev–Trinajstić information content (AvgIpc) is 2.16. The lowest BCUT2D eigenvalue weighted by molar-refractivity contribution is -0.141. The SMILES string of the molecule is COC(=O)C(C)c1ccncc1Cl. The number of carbonyl (C=O) groups is 1. The Hall–Kier alpha value is -1.09. The third kappa shape index (κ3) is 2.18. The van der Waals surface area contributed by atoms with Gasteiger partial charge in [-0.1, -0.05) is 11.6 Å². The van der Waals surface area contributed by atoms with Crippen molar-refractivity contribution in [1.29, 1.82) is 0 Å². The van der Waals surface area contributed by atoms with Gasteiger partial charge in [0.15, 0.2) is 0 Å². The zero-order chi connectivity index (χ0) is 9.84. The molecule has 0 N–H and O–H groups in total. The van der Waals surface area contributed by atoms with Crippen molar-refractivity contribution in [2.75, 3.05) is 7.11 Å². The number of carbonyl (C=O) groups excluding carboxylic acids is 1. The summed E-state index contributed by atoms with van der Waals surface area (Å²) in [5, 5.41) is 0.486. The first-order chi connectivity index (χ1) is 6.16. The monoisotopic (exact) mass is 199 g/mol. The first kappa shape index (κ1) is 9.99. The molecule has 4 heteroatoms. The van der Waals surface area contributed by atoms with Gasteiger partial charge >= 0.3 is 5.97 Å². The number of ether oxygens (including phenoxy) is 1. The summed E-state index contributed by atoms with van der Waals surface area (Å²) < 4.78 is 4.60. The fourth-order valence-electron chi connectivity index (χ4n) is 1.04. The molecule has 0 amide bonds. The molecule has 1 heterocycles. The standard InChI is InChI=1S/C9H10ClNO2/c1-6(9(12)13-2)7-3-4-11-5-8(7)10/h3-6H,1-2H3. The molecule has 1 rings (SSSR count). The summed E-state index contributed by atoms with van der Waals surface area (Å²) in [7, 11) is 1.36. The molecule has 0 saturated carbocycles. The van der Waals surface area contributed by atoms with Crippen molar-refractivity contribution in [3.8, 4) is 0 Å². The van der Waals surface area contributed by atoms with Crippen molar-refractivity contribution in [1.82, 2.24) is 4.98 Å². The van der Waals surface area contributed by atoms with Crippen molar-refractivity contribution >= 4 is 17.6 Å². The Morgan fingerprint density at radius 3 is 2.92 bits per heavy atom. The topological polar surface area (TPSA) is 39.2 Å². The zero-order valence-electron chi connectivity index (χ0n) is 7.45. The third-order valence-corrected chi connectivity index (χ3v) is 2.14. The Labute approximate surface area is 81.7 Å². The maximum atomic E-state index is 11.2. The minimum absolute atomic E-state index is 0.298. The van der Waals surface area contributed by atoms with Gasteiger partial charge in [-0.15, -0.1) is 0 Å². The van der Waals surface area contributed by atoms with E-state index in [-0.39, 0.29) is 11.9 Å². The molecule has 0 fully saturated rings. The van der Waals surface area contributed by atoms with Gasteiger partial charge in [0.05, 0.1) is 18.1 Å². The van der Waals surface area contributed by atoms with E-state index >= 15 is 0 Å². The highest BCUT2D eigenvalue weighted by Crippen LogP contribution is 2.23. The van der Waals surface area contributed by atoms with Crippen LogP contribution in [0.1, 0.15) is 18.4 Å². The van der Waals surface area contributed by atoms with E-state index in [0.29, 0.717) is 5.02 Å². The van der Waals surface area contributed by atoms with E-state index in [0.717, 1.165) is 5.56 Å². The van der Waals surface area contributed by atoms with Gasteiger partial charge in [0.2, 0.25) is 0 Å². The molecule has 0 aliphatic carbocycles. The quantitative estimate of drug-likeness (QED) is 0.684. The number of hydrogen-bond donors (Lipinski definition) is 0. The number of aromatic nitrogens is 1. The Kier molecular flexibility index (Phi) is 3.25. The number of methoxy groups -OCH3 is 1.